The lowest BCUT2D eigenvalue weighted by Crippen LogP contribution is -2.48. The number of ether oxygens (including phenoxy) is 1. The van der Waals surface area contributed by atoms with Crippen molar-refractivity contribution in [1.29, 1.82) is 0 Å². The van der Waals surface area contributed by atoms with Gasteiger partial charge in [-0.05, 0) is 33.1 Å². The molecule has 5 heteroatoms. The predicted octanol–water partition coefficient (Wildman–Crippen LogP) is 1.76. The van der Waals surface area contributed by atoms with Crippen molar-refractivity contribution in [3.8, 4) is 0 Å². The van der Waals surface area contributed by atoms with Gasteiger partial charge in [-0.1, -0.05) is 12.1 Å². The fourth-order valence-corrected chi connectivity index (χ4v) is 2.56. The Morgan fingerprint density at radius 2 is 2.00 bits per heavy atom. The van der Waals surface area contributed by atoms with Crippen LogP contribution in [-0.2, 0) is 16.7 Å². The molecule has 2 rings (SSSR count). The van der Waals surface area contributed by atoms with E-state index in [4.69, 9.17) is 15.0 Å². The van der Waals surface area contributed by atoms with Crippen molar-refractivity contribution >= 4 is 0 Å². The van der Waals surface area contributed by atoms with Crippen LogP contribution in [0.3, 0.4) is 0 Å². The Labute approximate surface area is 102 Å². The van der Waals surface area contributed by atoms with Crippen molar-refractivity contribution in [2.45, 2.75) is 64.2 Å². The minimum atomic E-state index is -0.507. The molecule has 0 aromatic carbocycles. The second kappa shape index (κ2) is 4.74. The minimum Gasteiger partial charge on any atom is -0.375 e. The molecular weight excluding hydrogens is 218 g/mol. The molecule has 2 atom stereocenters. The lowest BCUT2D eigenvalue weighted by atomic mass is 9.84. The lowest BCUT2D eigenvalue weighted by molar-refractivity contribution is -0.0640. The standard InChI is InChI=1S/C12H21N3O2/c1-4-5-10-14-11(15-17-10)12(13)6-8(2)16-9(3)7-12/h8-9H,4-7,13H2,1-3H3. The smallest absolute Gasteiger partial charge is 0.226 e. The highest BCUT2D eigenvalue weighted by Crippen LogP contribution is 2.33. The molecule has 1 aliphatic rings. The fourth-order valence-electron chi connectivity index (χ4n) is 2.56. The third-order valence-electron chi connectivity index (χ3n) is 3.15. The molecule has 1 aromatic rings. The third kappa shape index (κ3) is 2.66. The first kappa shape index (κ1) is 12.5. The average molecular weight is 239 g/mol. The van der Waals surface area contributed by atoms with E-state index in [0.29, 0.717) is 11.7 Å². The van der Waals surface area contributed by atoms with Crippen LogP contribution >= 0.6 is 0 Å². The molecule has 0 spiro atoms. The summed E-state index contributed by atoms with van der Waals surface area (Å²) in [7, 11) is 0. The summed E-state index contributed by atoms with van der Waals surface area (Å²) in [4.78, 5) is 4.41. The van der Waals surface area contributed by atoms with E-state index in [1.807, 2.05) is 13.8 Å². The van der Waals surface area contributed by atoms with E-state index in [0.717, 1.165) is 25.7 Å². The summed E-state index contributed by atoms with van der Waals surface area (Å²) in [5.41, 5.74) is 5.90. The zero-order valence-corrected chi connectivity index (χ0v) is 10.8. The van der Waals surface area contributed by atoms with Crippen LogP contribution < -0.4 is 5.73 Å². The van der Waals surface area contributed by atoms with Crippen molar-refractivity contribution in [2.24, 2.45) is 5.73 Å². The zero-order valence-electron chi connectivity index (χ0n) is 10.8. The Morgan fingerprint density at radius 1 is 1.35 bits per heavy atom. The largest absolute Gasteiger partial charge is 0.375 e. The molecule has 1 aliphatic heterocycles. The highest BCUT2D eigenvalue weighted by Gasteiger charge is 2.40. The number of aromatic nitrogens is 2. The van der Waals surface area contributed by atoms with Crippen LogP contribution in [0.25, 0.3) is 0 Å². The van der Waals surface area contributed by atoms with Gasteiger partial charge >= 0.3 is 0 Å². The summed E-state index contributed by atoms with van der Waals surface area (Å²) in [6, 6.07) is 0. The van der Waals surface area contributed by atoms with Gasteiger partial charge in [0.1, 0.15) is 0 Å². The van der Waals surface area contributed by atoms with Gasteiger partial charge in [-0.3, -0.25) is 0 Å². The maximum absolute atomic E-state index is 6.41. The Balaban J connectivity index is 2.18. The van der Waals surface area contributed by atoms with Crippen LogP contribution in [0.15, 0.2) is 4.52 Å². The summed E-state index contributed by atoms with van der Waals surface area (Å²) in [5.74, 6) is 1.31. The zero-order chi connectivity index (χ0) is 12.5. The minimum absolute atomic E-state index is 0.136. The van der Waals surface area contributed by atoms with Crippen molar-refractivity contribution in [2.75, 3.05) is 0 Å². The van der Waals surface area contributed by atoms with Gasteiger partial charge in [0.25, 0.3) is 0 Å². The van der Waals surface area contributed by atoms with E-state index in [-0.39, 0.29) is 12.2 Å². The summed E-state index contributed by atoms with van der Waals surface area (Å²) in [6.07, 6.45) is 3.55. The van der Waals surface area contributed by atoms with Gasteiger partial charge in [0, 0.05) is 6.42 Å². The molecule has 0 amide bonds. The Bertz CT molecular complexity index is 368. The van der Waals surface area contributed by atoms with Crippen molar-refractivity contribution in [3.63, 3.8) is 0 Å². The van der Waals surface area contributed by atoms with Crippen molar-refractivity contribution in [1.82, 2.24) is 10.1 Å². The van der Waals surface area contributed by atoms with Crippen LogP contribution in [0.2, 0.25) is 0 Å². The summed E-state index contributed by atoms with van der Waals surface area (Å²) >= 11 is 0. The van der Waals surface area contributed by atoms with E-state index in [9.17, 15) is 0 Å². The molecule has 1 aromatic heterocycles. The predicted molar refractivity (Wildman–Crippen MR) is 63.4 cm³/mol. The van der Waals surface area contributed by atoms with Gasteiger partial charge in [0.2, 0.25) is 5.89 Å². The monoisotopic (exact) mass is 239 g/mol. The van der Waals surface area contributed by atoms with Gasteiger partial charge in [0.15, 0.2) is 5.82 Å². The van der Waals surface area contributed by atoms with Crippen molar-refractivity contribution in [3.05, 3.63) is 11.7 Å². The summed E-state index contributed by atoms with van der Waals surface area (Å²) in [6.45, 7) is 6.15. The molecule has 0 radical (unpaired) electrons. The molecule has 0 aliphatic carbocycles. The quantitative estimate of drug-likeness (QED) is 0.870. The molecule has 17 heavy (non-hydrogen) atoms. The van der Waals surface area contributed by atoms with Crippen LogP contribution in [-0.4, -0.2) is 22.3 Å². The van der Waals surface area contributed by atoms with E-state index in [1.54, 1.807) is 0 Å². The molecule has 0 saturated carbocycles. The van der Waals surface area contributed by atoms with Gasteiger partial charge in [-0.15, -0.1) is 0 Å². The maximum Gasteiger partial charge on any atom is 0.226 e. The van der Waals surface area contributed by atoms with E-state index in [1.165, 1.54) is 0 Å². The first-order chi connectivity index (χ1) is 8.03. The van der Waals surface area contributed by atoms with E-state index >= 15 is 0 Å². The van der Waals surface area contributed by atoms with Gasteiger partial charge in [0.05, 0.1) is 17.7 Å². The molecule has 1 fully saturated rings. The number of aryl methyl sites for hydroxylation is 1. The van der Waals surface area contributed by atoms with Crippen LogP contribution in [0.4, 0.5) is 0 Å². The molecule has 2 heterocycles. The fraction of sp³-hybridized carbons (Fsp3) is 0.833. The summed E-state index contributed by atoms with van der Waals surface area (Å²) in [5, 5.41) is 4.03. The molecule has 5 nitrogen and oxygen atoms in total. The van der Waals surface area contributed by atoms with E-state index in [2.05, 4.69) is 17.1 Å². The number of hydrogen-bond donors (Lipinski definition) is 1. The molecule has 0 bridgehead atoms. The van der Waals surface area contributed by atoms with E-state index < -0.39 is 5.54 Å². The number of rotatable bonds is 3. The molecule has 96 valence electrons. The van der Waals surface area contributed by atoms with Crippen LogP contribution in [0, 0.1) is 0 Å². The number of nitrogens with zero attached hydrogens (tertiary/aromatic N) is 2. The number of nitrogens with two attached hydrogens (primary N) is 1. The first-order valence-electron chi connectivity index (χ1n) is 6.31. The van der Waals surface area contributed by atoms with Gasteiger partial charge in [-0.25, -0.2) is 0 Å². The van der Waals surface area contributed by atoms with Crippen LogP contribution in [0.1, 0.15) is 51.7 Å². The molecule has 1 saturated heterocycles. The summed E-state index contributed by atoms with van der Waals surface area (Å²) < 4.78 is 10.9. The van der Waals surface area contributed by atoms with Crippen molar-refractivity contribution < 1.29 is 9.26 Å². The van der Waals surface area contributed by atoms with Crippen LogP contribution in [0.5, 0.6) is 0 Å². The topological polar surface area (TPSA) is 74.2 Å². The SMILES string of the molecule is CCCc1nc(C2(N)CC(C)OC(C)C2)no1. The second-order valence-electron chi connectivity index (χ2n) is 5.08. The highest BCUT2D eigenvalue weighted by molar-refractivity contribution is 5.07. The first-order valence-corrected chi connectivity index (χ1v) is 6.31. The second-order valence-corrected chi connectivity index (χ2v) is 5.08. The Kier molecular flexibility index (Phi) is 3.49. The molecular formula is C12H21N3O2. The van der Waals surface area contributed by atoms with Gasteiger partial charge in [-0.2, -0.15) is 4.98 Å². The third-order valence-corrected chi connectivity index (χ3v) is 3.15. The molecule has 2 unspecified atom stereocenters. The van der Waals surface area contributed by atoms with Gasteiger partial charge < -0.3 is 15.0 Å². The highest BCUT2D eigenvalue weighted by atomic mass is 16.5. The Hall–Kier alpha value is -0.940. The normalized spacial score (nSPS) is 33.9. The Morgan fingerprint density at radius 3 is 2.59 bits per heavy atom. The molecule has 2 N–H and O–H groups in total. The lowest BCUT2D eigenvalue weighted by Gasteiger charge is -2.37. The maximum atomic E-state index is 6.41. The number of hydrogen-bond acceptors (Lipinski definition) is 5. The average Bonchev–Trinajstić information content (AvgIpc) is 2.65.